The monoisotopic (exact) mass is 322 g/mol. The lowest BCUT2D eigenvalue weighted by Crippen LogP contribution is -2.29. The second kappa shape index (κ2) is 7.11. The summed E-state index contributed by atoms with van der Waals surface area (Å²) in [4.78, 5) is 0.325. The van der Waals surface area contributed by atoms with Gasteiger partial charge in [0.05, 0.1) is 35.2 Å². The van der Waals surface area contributed by atoms with E-state index in [4.69, 9.17) is 9.47 Å². The van der Waals surface area contributed by atoms with E-state index in [1.54, 1.807) is 36.4 Å². The minimum atomic E-state index is -3.46. The first-order valence-electron chi connectivity index (χ1n) is 7.36. The fourth-order valence-electron chi connectivity index (χ4n) is 2.46. The van der Waals surface area contributed by atoms with Crippen LogP contribution in [0.3, 0.4) is 0 Å². The van der Waals surface area contributed by atoms with Crippen LogP contribution < -0.4 is 0 Å². The van der Waals surface area contributed by atoms with Crippen molar-refractivity contribution in [2.24, 2.45) is 0 Å². The summed E-state index contributed by atoms with van der Waals surface area (Å²) in [7, 11) is -3.46. The van der Waals surface area contributed by atoms with Crippen LogP contribution in [-0.4, -0.2) is 32.5 Å². The van der Waals surface area contributed by atoms with Crippen LogP contribution >= 0.6 is 0 Å². The molecule has 1 aliphatic heterocycles. The Labute approximate surface area is 132 Å². The molecule has 1 fully saturated rings. The van der Waals surface area contributed by atoms with E-state index < -0.39 is 21.2 Å². The first kappa shape index (κ1) is 16.8. The van der Waals surface area contributed by atoms with Crippen molar-refractivity contribution >= 4 is 9.84 Å². The molecule has 0 unspecified atom stereocenters. The molecule has 5 heteroatoms. The summed E-state index contributed by atoms with van der Waals surface area (Å²) in [5.74, 6) is 0. The van der Waals surface area contributed by atoms with Crippen molar-refractivity contribution in [2.75, 3.05) is 6.61 Å². The molecule has 1 aromatic carbocycles. The van der Waals surface area contributed by atoms with E-state index in [1.807, 2.05) is 13.8 Å². The maximum absolute atomic E-state index is 12.9. The van der Waals surface area contributed by atoms with Crippen LogP contribution in [0.25, 0.3) is 0 Å². The van der Waals surface area contributed by atoms with E-state index in [9.17, 15) is 8.42 Å². The zero-order valence-corrected chi connectivity index (χ0v) is 13.8. The molecule has 0 aliphatic carbocycles. The minimum absolute atomic E-state index is 0.263. The number of ether oxygens (including phenoxy) is 2. The van der Waals surface area contributed by atoms with Crippen LogP contribution in [0.2, 0.25) is 0 Å². The van der Waals surface area contributed by atoms with E-state index in [1.165, 1.54) is 6.26 Å². The molecular weight excluding hydrogens is 300 g/mol. The molecule has 22 heavy (non-hydrogen) atoms. The van der Waals surface area contributed by atoms with E-state index >= 15 is 0 Å². The van der Waals surface area contributed by atoms with Gasteiger partial charge in [0.25, 0.3) is 0 Å². The van der Waals surface area contributed by atoms with Crippen molar-refractivity contribution in [1.82, 2.24) is 0 Å². The fourth-order valence-corrected chi connectivity index (χ4v) is 4.28. The number of sulfone groups is 1. The van der Waals surface area contributed by atoms with Crippen molar-refractivity contribution in [1.29, 1.82) is 0 Å². The first-order chi connectivity index (χ1) is 10.5. The molecule has 1 aliphatic rings. The Morgan fingerprint density at radius 2 is 2.05 bits per heavy atom. The van der Waals surface area contributed by atoms with Gasteiger partial charge in [-0.25, -0.2) is 8.42 Å². The number of benzene rings is 1. The van der Waals surface area contributed by atoms with E-state index in [-0.39, 0.29) is 6.10 Å². The smallest absolute Gasteiger partial charge is 0.184 e. The average molecular weight is 322 g/mol. The first-order valence-corrected chi connectivity index (χ1v) is 8.90. The number of hydrogen-bond donors (Lipinski definition) is 0. The summed E-state index contributed by atoms with van der Waals surface area (Å²) >= 11 is 0. The Kier molecular flexibility index (Phi) is 5.42. The largest absolute Gasteiger partial charge is 0.502 e. The standard InChI is InChI=1S/C17H22O4S/c1-4-14-12-17(16(21-14)10-11-20-5-2)22(18,19)15-8-6-13(3)7-9-15/h4,6-11,14,16-17H,1,5,12H2,2-3H3/b11-10+/t14-,16+,17+/m0/s1. The zero-order valence-electron chi connectivity index (χ0n) is 12.9. The molecule has 0 bridgehead atoms. The van der Waals surface area contributed by atoms with Crippen molar-refractivity contribution in [3.63, 3.8) is 0 Å². The number of rotatable bonds is 6. The quantitative estimate of drug-likeness (QED) is 0.597. The highest BCUT2D eigenvalue weighted by Gasteiger charge is 2.41. The van der Waals surface area contributed by atoms with Crippen LogP contribution in [0, 0.1) is 6.92 Å². The molecule has 3 atom stereocenters. The van der Waals surface area contributed by atoms with Gasteiger partial charge in [-0.2, -0.15) is 0 Å². The van der Waals surface area contributed by atoms with Gasteiger partial charge in [-0.15, -0.1) is 6.58 Å². The van der Waals surface area contributed by atoms with Gasteiger partial charge in [0.1, 0.15) is 0 Å². The van der Waals surface area contributed by atoms with Gasteiger partial charge in [-0.3, -0.25) is 0 Å². The Bertz CT molecular complexity index is 631. The molecule has 0 radical (unpaired) electrons. The molecule has 1 aromatic rings. The summed E-state index contributed by atoms with van der Waals surface area (Å²) in [6.45, 7) is 8.03. The summed E-state index contributed by atoms with van der Waals surface area (Å²) in [5, 5.41) is -0.630. The normalized spacial score (nSPS) is 25.5. The van der Waals surface area contributed by atoms with Crippen LogP contribution in [0.5, 0.6) is 0 Å². The summed E-state index contributed by atoms with van der Waals surface area (Å²) in [6.07, 6.45) is 4.44. The molecule has 0 aromatic heterocycles. The van der Waals surface area contributed by atoms with Crippen molar-refractivity contribution in [3.05, 3.63) is 54.8 Å². The van der Waals surface area contributed by atoms with Crippen molar-refractivity contribution in [2.45, 2.75) is 42.6 Å². The third kappa shape index (κ3) is 3.59. The Morgan fingerprint density at radius 1 is 1.36 bits per heavy atom. The summed E-state index contributed by atoms with van der Waals surface area (Å²) < 4.78 is 36.6. The molecule has 2 rings (SSSR count). The third-order valence-corrected chi connectivity index (χ3v) is 5.89. The minimum Gasteiger partial charge on any atom is -0.502 e. The van der Waals surface area contributed by atoms with E-state index in [0.717, 1.165) is 5.56 Å². The molecule has 0 saturated carbocycles. The highest BCUT2D eigenvalue weighted by atomic mass is 32.2. The Hall–Kier alpha value is -1.59. The topological polar surface area (TPSA) is 52.6 Å². The van der Waals surface area contributed by atoms with Gasteiger partial charge in [-0.05, 0) is 38.5 Å². The second-order valence-corrected chi connectivity index (χ2v) is 7.46. The predicted octanol–water partition coefficient (Wildman–Crippen LogP) is 3.03. The van der Waals surface area contributed by atoms with Crippen LogP contribution in [0.15, 0.2) is 54.2 Å². The van der Waals surface area contributed by atoms with Crippen molar-refractivity contribution in [3.8, 4) is 0 Å². The van der Waals surface area contributed by atoms with Crippen molar-refractivity contribution < 1.29 is 17.9 Å². The zero-order chi connectivity index (χ0) is 16.2. The van der Waals surface area contributed by atoms with Gasteiger partial charge in [-0.1, -0.05) is 23.8 Å². The van der Waals surface area contributed by atoms with Crippen LogP contribution in [0.4, 0.5) is 0 Å². The van der Waals surface area contributed by atoms with E-state index in [2.05, 4.69) is 6.58 Å². The highest BCUT2D eigenvalue weighted by Crippen LogP contribution is 2.32. The van der Waals surface area contributed by atoms with E-state index in [0.29, 0.717) is 17.9 Å². The summed E-state index contributed by atoms with van der Waals surface area (Å²) in [5.41, 5.74) is 1.03. The lowest BCUT2D eigenvalue weighted by Gasteiger charge is -2.16. The SMILES string of the molecule is C=C[C@H]1C[C@@H](S(=O)(=O)c2ccc(C)cc2)[C@@H](/C=C/OCC)O1. The van der Waals surface area contributed by atoms with Crippen LogP contribution in [0.1, 0.15) is 18.9 Å². The molecule has 1 heterocycles. The van der Waals surface area contributed by atoms with Gasteiger partial charge < -0.3 is 9.47 Å². The molecular formula is C17H22O4S. The number of aryl methyl sites for hydroxylation is 1. The molecule has 0 amide bonds. The maximum Gasteiger partial charge on any atom is 0.184 e. The summed E-state index contributed by atoms with van der Waals surface area (Å²) in [6, 6.07) is 6.90. The Balaban J connectivity index is 2.29. The lowest BCUT2D eigenvalue weighted by molar-refractivity contribution is 0.0989. The molecule has 4 nitrogen and oxygen atoms in total. The highest BCUT2D eigenvalue weighted by molar-refractivity contribution is 7.92. The lowest BCUT2D eigenvalue weighted by atomic mass is 10.2. The molecule has 0 spiro atoms. The second-order valence-electron chi connectivity index (χ2n) is 5.29. The third-order valence-electron chi connectivity index (χ3n) is 3.71. The molecule has 1 saturated heterocycles. The molecule has 120 valence electrons. The fraction of sp³-hybridized carbons (Fsp3) is 0.412. The molecule has 0 N–H and O–H groups in total. The number of hydrogen-bond acceptors (Lipinski definition) is 4. The maximum atomic E-state index is 12.9. The van der Waals surface area contributed by atoms with Gasteiger partial charge in [0, 0.05) is 0 Å². The van der Waals surface area contributed by atoms with Gasteiger partial charge in [0.2, 0.25) is 0 Å². The predicted molar refractivity (Wildman–Crippen MR) is 86.4 cm³/mol. The van der Waals surface area contributed by atoms with Gasteiger partial charge in [0.15, 0.2) is 9.84 Å². The Morgan fingerprint density at radius 3 is 2.64 bits per heavy atom. The van der Waals surface area contributed by atoms with Crippen LogP contribution in [-0.2, 0) is 19.3 Å². The average Bonchev–Trinajstić information content (AvgIpc) is 2.92. The van der Waals surface area contributed by atoms with Gasteiger partial charge >= 0.3 is 0 Å².